The fourth-order valence-corrected chi connectivity index (χ4v) is 2.44. The Balaban J connectivity index is 1.90. The van der Waals surface area contributed by atoms with Crippen molar-refractivity contribution in [1.82, 2.24) is 24.3 Å². The summed E-state index contributed by atoms with van der Waals surface area (Å²) in [6.45, 7) is 6.26. The minimum atomic E-state index is 0.0333. The van der Waals surface area contributed by atoms with Gasteiger partial charge in [0.15, 0.2) is 0 Å². The van der Waals surface area contributed by atoms with Crippen molar-refractivity contribution in [1.29, 1.82) is 0 Å². The zero-order valence-electron chi connectivity index (χ0n) is 13.6. The fraction of sp³-hybridized carbons (Fsp3) is 0.375. The Morgan fingerprint density at radius 3 is 2.74 bits per heavy atom. The van der Waals surface area contributed by atoms with E-state index >= 15 is 0 Å². The largest absolute Gasteiger partial charge is 0.368 e. The van der Waals surface area contributed by atoms with E-state index in [-0.39, 0.29) is 12.0 Å². The normalized spacial score (nSPS) is 12.7. The first-order chi connectivity index (χ1) is 11.1. The van der Waals surface area contributed by atoms with Crippen molar-refractivity contribution >= 4 is 17.5 Å². The van der Waals surface area contributed by atoms with Crippen molar-refractivity contribution in [2.24, 2.45) is 0 Å². The van der Waals surface area contributed by atoms with E-state index in [1.807, 2.05) is 28.9 Å². The van der Waals surface area contributed by atoms with Gasteiger partial charge < -0.3 is 11.1 Å². The first-order valence-corrected chi connectivity index (χ1v) is 7.77. The van der Waals surface area contributed by atoms with Crippen molar-refractivity contribution in [3.63, 3.8) is 0 Å². The van der Waals surface area contributed by atoms with Gasteiger partial charge in [-0.3, -0.25) is 4.40 Å². The molecule has 7 heteroatoms. The van der Waals surface area contributed by atoms with Gasteiger partial charge in [0.25, 0.3) is 0 Å². The van der Waals surface area contributed by atoms with Gasteiger partial charge in [-0.15, -0.1) is 0 Å². The number of hydrogen-bond acceptors (Lipinski definition) is 6. The molecule has 0 radical (unpaired) electrons. The first kappa shape index (κ1) is 15.2. The van der Waals surface area contributed by atoms with E-state index in [0.29, 0.717) is 11.7 Å². The first-order valence-electron chi connectivity index (χ1n) is 7.77. The molecule has 120 valence electrons. The van der Waals surface area contributed by atoms with E-state index in [4.69, 9.17) is 5.73 Å². The van der Waals surface area contributed by atoms with E-state index in [1.165, 1.54) is 0 Å². The minimum absolute atomic E-state index is 0.0333. The quantitative estimate of drug-likeness (QED) is 0.752. The van der Waals surface area contributed by atoms with Gasteiger partial charge in [-0.05, 0) is 18.4 Å². The Labute approximate surface area is 135 Å². The maximum Gasteiger partial charge on any atom is 0.233 e. The minimum Gasteiger partial charge on any atom is -0.368 e. The second kappa shape index (κ2) is 6.20. The predicted molar refractivity (Wildman–Crippen MR) is 90.2 cm³/mol. The number of nitrogen functional groups attached to an aromatic ring is 1. The van der Waals surface area contributed by atoms with Crippen LogP contribution in [0.15, 0.2) is 30.7 Å². The van der Waals surface area contributed by atoms with Crippen LogP contribution in [0, 0.1) is 0 Å². The average Bonchev–Trinajstić information content (AvgIpc) is 2.95. The summed E-state index contributed by atoms with van der Waals surface area (Å²) < 4.78 is 1.91. The predicted octanol–water partition coefficient (Wildman–Crippen LogP) is 2.79. The van der Waals surface area contributed by atoms with Crippen molar-refractivity contribution in [3.8, 4) is 0 Å². The molecule has 3 N–H and O–H groups in total. The molecular formula is C16H21N7. The van der Waals surface area contributed by atoms with Crippen LogP contribution >= 0.6 is 0 Å². The van der Waals surface area contributed by atoms with Gasteiger partial charge in [0, 0.05) is 24.7 Å². The van der Waals surface area contributed by atoms with Gasteiger partial charge in [-0.25, -0.2) is 15.0 Å². The lowest BCUT2D eigenvalue weighted by molar-refractivity contribution is 0.722. The Hall–Kier alpha value is -2.70. The van der Waals surface area contributed by atoms with E-state index < -0.39 is 0 Å². The van der Waals surface area contributed by atoms with Crippen LogP contribution in [0.4, 0.5) is 11.8 Å². The van der Waals surface area contributed by atoms with Crippen molar-refractivity contribution in [3.05, 3.63) is 42.1 Å². The SMILES string of the molecule is CC[C@@H](Nc1cc(C(C)C)nc(N)n1)c1cn2cccnc2n1. The van der Waals surface area contributed by atoms with Crippen molar-refractivity contribution in [2.75, 3.05) is 11.1 Å². The van der Waals surface area contributed by atoms with Gasteiger partial charge in [0.2, 0.25) is 11.7 Å². The number of rotatable bonds is 5. The smallest absolute Gasteiger partial charge is 0.233 e. The summed E-state index contributed by atoms with van der Waals surface area (Å²) in [5.74, 6) is 1.98. The highest BCUT2D eigenvalue weighted by Crippen LogP contribution is 2.23. The molecule has 0 aliphatic carbocycles. The molecule has 0 fully saturated rings. The highest BCUT2D eigenvalue weighted by molar-refractivity contribution is 5.44. The molecule has 0 amide bonds. The summed E-state index contributed by atoms with van der Waals surface area (Å²) in [6.07, 6.45) is 6.52. The second-order valence-electron chi connectivity index (χ2n) is 5.79. The molecule has 3 rings (SSSR count). The molecular weight excluding hydrogens is 290 g/mol. The number of aromatic nitrogens is 5. The van der Waals surface area contributed by atoms with Crippen LogP contribution in [0.2, 0.25) is 0 Å². The van der Waals surface area contributed by atoms with Crippen LogP contribution in [-0.2, 0) is 0 Å². The number of nitrogens with one attached hydrogen (secondary N) is 1. The van der Waals surface area contributed by atoms with E-state index in [9.17, 15) is 0 Å². The van der Waals surface area contributed by atoms with Gasteiger partial charge >= 0.3 is 0 Å². The molecule has 1 atom stereocenters. The van der Waals surface area contributed by atoms with Gasteiger partial charge in [0.05, 0.1) is 17.4 Å². The lowest BCUT2D eigenvalue weighted by Crippen LogP contribution is -2.13. The zero-order valence-corrected chi connectivity index (χ0v) is 13.6. The molecule has 3 heterocycles. The topological polar surface area (TPSA) is 94.0 Å². The number of anilines is 2. The van der Waals surface area contributed by atoms with Crippen molar-refractivity contribution in [2.45, 2.75) is 39.2 Å². The Morgan fingerprint density at radius 2 is 2.04 bits per heavy atom. The number of hydrogen-bond donors (Lipinski definition) is 2. The van der Waals surface area contributed by atoms with Crippen LogP contribution < -0.4 is 11.1 Å². The molecule has 0 spiro atoms. The van der Waals surface area contributed by atoms with Crippen LogP contribution in [0.5, 0.6) is 0 Å². The molecule has 7 nitrogen and oxygen atoms in total. The number of fused-ring (bicyclic) bond motifs is 1. The summed E-state index contributed by atoms with van der Waals surface area (Å²) in [7, 11) is 0. The lowest BCUT2D eigenvalue weighted by atomic mass is 10.1. The second-order valence-corrected chi connectivity index (χ2v) is 5.79. The number of nitrogens with two attached hydrogens (primary N) is 1. The van der Waals surface area contributed by atoms with Crippen LogP contribution in [0.1, 0.15) is 50.5 Å². The highest BCUT2D eigenvalue weighted by Gasteiger charge is 2.15. The molecule has 0 bridgehead atoms. The summed E-state index contributed by atoms with van der Waals surface area (Å²) in [5, 5.41) is 3.41. The summed E-state index contributed by atoms with van der Waals surface area (Å²) in [4.78, 5) is 17.4. The lowest BCUT2D eigenvalue weighted by Gasteiger charge is -2.16. The maximum atomic E-state index is 5.82. The third-order valence-corrected chi connectivity index (χ3v) is 3.70. The van der Waals surface area contributed by atoms with Gasteiger partial charge in [-0.2, -0.15) is 4.98 Å². The molecule has 3 aromatic rings. The third kappa shape index (κ3) is 3.23. The standard InChI is InChI=1S/C16H21N7/c1-4-11(13-9-23-7-5-6-18-16(23)21-13)19-14-8-12(10(2)3)20-15(17)22-14/h5-11H,4H2,1-3H3,(H3,17,19,20,22)/t11-/m1/s1. The van der Waals surface area contributed by atoms with E-state index in [0.717, 1.165) is 23.6 Å². The molecule has 0 aliphatic rings. The fourth-order valence-electron chi connectivity index (χ4n) is 2.44. The molecule has 0 aromatic carbocycles. The average molecular weight is 311 g/mol. The maximum absolute atomic E-state index is 5.82. The van der Waals surface area contributed by atoms with E-state index in [2.05, 4.69) is 46.0 Å². The van der Waals surface area contributed by atoms with Gasteiger partial charge in [0.1, 0.15) is 5.82 Å². The molecule has 0 saturated carbocycles. The number of imidazole rings is 1. The third-order valence-electron chi connectivity index (χ3n) is 3.70. The zero-order chi connectivity index (χ0) is 16.4. The molecule has 0 saturated heterocycles. The van der Waals surface area contributed by atoms with Crippen LogP contribution in [0.25, 0.3) is 5.78 Å². The molecule has 0 unspecified atom stereocenters. The van der Waals surface area contributed by atoms with Gasteiger partial charge in [-0.1, -0.05) is 20.8 Å². The number of nitrogens with zero attached hydrogens (tertiary/aromatic N) is 5. The Bertz CT molecular complexity index is 776. The van der Waals surface area contributed by atoms with Crippen molar-refractivity contribution < 1.29 is 0 Å². The molecule has 23 heavy (non-hydrogen) atoms. The monoisotopic (exact) mass is 311 g/mol. The molecule has 3 aromatic heterocycles. The highest BCUT2D eigenvalue weighted by atomic mass is 15.1. The van der Waals surface area contributed by atoms with Crippen LogP contribution in [0.3, 0.4) is 0 Å². The summed E-state index contributed by atoms with van der Waals surface area (Å²) in [5.41, 5.74) is 7.67. The Kier molecular flexibility index (Phi) is 4.10. The summed E-state index contributed by atoms with van der Waals surface area (Å²) in [6, 6.07) is 3.86. The Morgan fingerprint density at radius 1 is 1.22 bits per heavy atom. The van der Waals surface area contributed by atoms with E-state index in [1.54, 1.807) is 6.20 Å². The van der Waals surface area contributed by atoms with Crippen LogP contribution in [-0.4, -0.2) is 24.3 Å². The summed E-state index contributed by atoms with van der Waals surface area (Å²) >= 11 is 0. The molecule has 0 aliphatic heterocycles.